The van der Waals surface area contributed by atoms with E-state index in [-0.39, 0.29) is 0 Å². The molecule has 0 spiro atoms. The van der Waals surface area contributed by atoms with Crippen LogP contribution >= 0.6 is 0 Å². The molecule has 1 N–H and O–H groups in total. The number of hydrogen-bond donors (Lipinski definition) is 1. The van der Waals surface area contributed by atoms with E-state index in [4.69, 9.17) is 0 Å². The van der Waals surface area contributed by atoms with E-state index in [2.05, 4.69) is 13.8 Å². The van der Waals surface area contributed by atoms with Gasteiger partial charge in [0.1, 0.15) is 0 Å². The number of aliphatic carboxylic acids is 1. The summed E-state index contributed by atoms with van der Waals surface area (Å²) in [4.78, 5) is 11.2. The van der Waals surface area contributed by atoms with Gasteiger partial charge in [-0.3, -0.25) is 4.79 Å². The van der Waals surface area contributed by atoms with Gasteiger partial charge in [-0.05, 0) is 31.6 Å². The maximum absolute atomic E-state index is 11.2. The third kappa shape index (κ3) is 1.87. The summed E-state index contributed by atoms with van der Waals surface area (Å²) in [5, 5.41) is 9.22. The Morgan fingerprint density at radius 3 is 2.46 bits per heavy atom. The van der Waals surface area contributed by atoms with Crippen molar-refractivity contribution in [2.24, 2.45) is 17.3 Å². The zero-order chi connectivity index (χ0) is 10.1. The molecule has 0 amide bonds. The average Bonchev–Trinajstić information content (AvgIpc) is 2.04. The second-order valence-electron chi connectivity index (χ2n) is 4.82. The van der Waals surface area contributed by atoms with Gasteiger partial charge in [-0.25, -0.2) is 0 Å². The largest absolute Gasteiger partial charge is 0.481 e. The molecule has 2 unspecified atom stereocenters. The molecule has 1 aliphatic carbocycles. The van der Waals surface area contributed by atoms with E-state index in [1.54, 1.807) is 0 Å². The monoisotopic (exact) mass is 184 g/mol. The van der Waals surface area contributed by atoms with Crippen LogP contribution in [-0.4, -0.2) is 11.1 Å². The van der Waals surface area contributed by atoms with Crippen LogP contribution in [0.25, 0.3) is 0 Å². The van der Waals surface area contributed by atoms with E-state index in [1.807, 2.05) is 6.92 Å². The maximum atomic E-state index is 11.2. The van der Waals surface area contributed by atoms with Crippen LogP contribution in [0.4, 0.5) is 0 Å². The molecule has 1 fully saturated rings. The molecule has 0 aromatic heterocycles. The SMILES string of the molecule is CC(C)C1CCCCC1(C)C(=O)O. The van der Waals surface area contributed by atoms with Crippen molar-refractivity contribution >= 4 is 5.97 Å². The van der Waals surface area contributed by atoms with Gasteiger partial charge in [0.25, 0.3) is 0 Å². The number of rotatable bonds is 2. The molecule has 0 bridgehead atoms. The first-order valence-electron chi connectivity index (χ1n) is 5.22. The highest BCUT2D eigenvalue weighted by atomic mass is 16.4. The molecule has 76 valence electrons. The summed E-state index contributed by atoms with van der Waals surface area (Å²) >= 11 is 0. The normalized spacial score (nSPS) is 34.9. The van der Waals surface area contributed by atoms with E-state index >= 15 is 0 Å². The minimum atomic E-state index is -0.606. The lowest BCUT2D eigenvalue weighted by Crippen LogP contribution is -2.40. The fourth-order valence-electron chi connectivity index (χ4n) is 2.70. The summed E-state index contributed by atoms with van der Waals surface area (Å²) < 4.78 is 0. The van der Waals surface area contributed by atoms with Gasteiger partial charge in [-0.2, -0.15) is 0 Å². The number of hydrogen-bond acceptors (Lipinski definition) is 1. The van der Waals surface area contributed by atoms with Crippen molar-refractivity contribution in [1.29, 1.82) is 0 Å². The van der Waals surface area contributed by atoms with Crippen LogP contribution in [0.5, 0.6) is 0 Å². The van der Waals surface area contributed by atoms with Crippen LogP contribution in [0.1, 0.15) is 46.5 Å². The van der Waals surface area contributed by atoms with Crippen LogP contribution in [0, 0.1) is 17.3 Å². The van der Waals surface area contributed by atoms with Gasteiger partial charge in [0.15, 0.2) is 0 Å². The fourth-order valence-corrected chi connectivity index (χ4v) is 2.70. The van der Waals surface area contributed by atoms with E-state index in [9.17, 15) is 9.90 Å². The highest BCUT2D eigenvalue weighted by Gasteiger charge is 2.43. The second kappa shape index (κ2) is 3.69. The van der Waals surface area contributed by atoms with Gasteiger partial charge < -0.3 is 5.11 Å². The predicted molar refractivity (Wildman–Crippen MR) is 52.5 cm³/mol. The van der Waals surface area contributed by atoms with Crippen LogP contribution in [-0.2, 0) is 4.79 Å². The summed E-state index contributed by atoms with van der Waals surface area (Å²) in [5.41, 5.74) is -0.466. The van der Waals surface area contributed by atoms with Crippen molar-refractivity contribution in [2.45, 2.75) is 46.5 Å². The van der Waals surface area contributed by atoms with Crippen molar-refractivity contribution in [3.05, 3.63) is 0 Å². The molecular formula is C11H20O2. The first-order valence-corrected chi connectivity index (χ1v) is 5.22. The summed E-state index contributed by atoms with van der Waals surface area (Å²) in [6.45, 7) is 6.19. The Morgan fingerprint density at radius 2 is 2.08 bits per heavy atom. The predicted octanol–water partition coefficient (Wildman–Crippen LogP) is 2.92. The van der Waals surface area contributed by atoms with Gasteiger partial charge in [0.2, 0.25) is 0 Å². The first-order chi connectivity index (χ1) is 5.98. The first kappa shape index (κ1) is 10.6. The lowest BCUT2D eigenvalue weighted by atomic mass is 9.63. The summed E-state index contributed by atoms with van der Waals surface area (Å²) in [6, 6.07) is 0. The Hall–Kier alpha value is -0.530. The molecule has 13 heavy (non-hydrogen) atoms. The molecule has 2 heteroatoms. The van der Waals surface area contributed by atoms with Crippen LogP contribution < -0.4 is 0 Å². The maximum Gasteiger partial charge on any atom is 0.309 e. The third-order valence-corrected chi connectivity index (χ3v) is 3.57. The van der Waals surface area contributed by atoms with Crippen LogP contribution in [0.3, 0.4) is 0 Å². The molecule has 2 atom stereocenters. The zero-order valence-electron chi connectivity index (χ0n) is 8.84. The van der Waals surface area contributed by atoms with Gasteiger partial charge in [0, 0.05) is 0 Å². The number of carbonyl (C=O) groups is 1. The topological polar surface area (TPSA) is 37.3 Å². The van der Waals surface area contributed by atoms with Crippen molar-refractivity contribution in [2.75, 3.05) is 0 Å². The Morgan fingerprint density at radius 1 is 1.46 bits per heavy atom. The molecule has 0 aromatic rings. The Labute approximate surface area is 80.3 Å². The molecule has 2 nitrogen and oxygen atoms in total. The Bertz CT molecular complexity index is 198. The van der Waals surface area contributed by atoms with Crippen LogP contribution in [0.2, 0.25) is 0 Å². The fraction of sp³-hybridized carbons (Fsp3) is 0.909. The Kier molecular flexibility index (Phi) is 2.99. The number of carboxylic acid groups (broad SMARTS) is 1. The summed E-state index contributed by atoms with van der Waals surface area (Å²) in [7, 11) is 0. The lowest BCUT2D eigenvalue weighted by molar-refractivity contribution is -0.155. The van der Waals surface area contributed by atoms with Crippen molar-refractivity contribution in [3.63, 3.8) is 0 Å². The minimum absolute atomic E-state index is 0.360. The molecule has 0 heterocycles. The van der Waals surface area contributed by atoms with E-state index in [0.717, 1.165) is 19.3 Å². The summed E-state index contributed by atoms with van der Waals surface area (Å²) in [6.07, 6.45) is 4.21. The van der Waals surface area contributed by atoms with Gasteiger partial charge >= 0.3 is 5.97 Å². The van der Waals surface area contributed by atoms with Gasteiger partial charge in [0.05, 0.1) is 5.41 Å². The molecule has 0 aliphatic heterocycles. The number of carboxylic acids is 1. The molecule has 0 saturated heterocycles. The molecule has 0 aromatic carbocycles. The average molecular weight is 184 g/mol. The molecule has 1 rings (SSSR count). The Balaban J connectivity index is 2.83. The van der Waals surface area contributed by atoms with Crippen molar-refractivity contribution < 1.29 is 9.90 Å². The van der Waals surface area contributed by atoms with E-state index in [1.165, 1.54) is 6.42 Å². The molecule has 1 aliphatic rings. The zero-order valence-corrected chi connectivity index (χ0v) is 8.84. The highest BCUT2D eigenvalue weighted by molar-refractivity contribution is 5.74. The van der Waals surface area contributed by atoms with Gasteiger partial charge in [-0.15, -0.1) is 0 Å². The minimum Gasteiger partial charge on any atom is -0.481 e. The standard InChI is InChI=1S/C11H20O2/c1-8(2)9-6-4-5-7-11(9,3)10(12)13/h8-9H,4-7H2,1-3H3,(H,12,13). The van der Waals surface area contributed by atoms with E-state index in [0.29, 0.717) is 11.8 Å². The van der Waals surface area contributed by atoms with E-state index < -0.39 is 11.4 Å². The third-order valence-electron chi connectivity index (χ3n) is 3.57. The molecule has 1 saturated carbocycles. The second-order valence-corrected chi connectivity index (χ2v) is 4.82. The highest BCUT2D eigenvalue weighted by Crippen LogP contribution is 2.44. The quantitative estimate of drug-likeness (QED) is 0.716. The smallest absolute Gasteiger partial charge is 0.309 e. The van der Waals surface area contributed by atoms with Crippen molar-refractivity contribution in [3.8, 4) is 0 Å². The molecular weight excluding hydrogens is 164 g/mol. The van der Waals surface area contributed by atoms with Crippen LogP contribution in [0.15, 0.2) is 0 Å². The molecule has 0 radical (unpaired) electrons. The lowest BCUT2D eigenvalue weighted by Gasteiger charge is -2.40. The van der Waals surface area contributed by atoms with Gasteiger partial charge in [-0.1, -0.05) is 26.7 Å². The summed E-state index contributed by atoms with van der Waals surface area (Å²) in [5.74, 6) is 0.242. The van der Waals surface area contributed by atoms with Crippen molar-refractivity contribution in [1.82, 2.24) is 0 Å².